The Hall–Kier alpha value is 0.765. The monoisotopic (exact) mass is 198 g/mol. The van der Waals surface area contributed by atoms with Crippen LogP contribution in [0.4, 0.5) is 0 Å². The lowest BCUT2D eigenvalue weighted by Crippen LogP contribution is -2.09. The highest BCUT2D eigenvalue weighted by atomic mass is 27.2. The zero-order chi connectivity index (χ0) is 9.56. The van der Waals surface area contributed by atoms with E-state index in [9.17, 15) is 0 Å². The van der Waals surface area contributed by atoms with Crippen LogP contribution in [0.3, 0.4) is 0 Å². The largest absolute Gasteiger partial charge is 0.501 e. The van der Waals surface area contributed by atoms with Gasteiger partial charge < -0.3 is 3.79 Å². The first-order chi connectivity index (χ1) is 5.52. The summed E-state index contributed by atoms with van der Waals surface area (Å²) >= 11 is -1.28. The molecule has 12 heavy (non-hydrogen) atoms. The van der Waals surface area contributed by atoms with E-state index >= 15 is 0 Å². The van der Waals surface area contributed by atoms with Crippen LogP contribution in [0.2, 0.25) is 23.1 Å². The van der Waals surface area contributed by atoms with Crippen molar-refractivity contribution in [2.45, 2.75) is 36.5 Å². The van der Waals surface area contributed by atoms with Crippen LogP contribution in [0.1, 0.15) is 13.3 Å². The minimum absolute atomic E-state index is 0.502. The molecule has 68 valence electrons. The van der Waals surface area contributed by atoms with Crippen LogP contribution in [-0.2, 0) is 3.79 Å². The van der Waals surface area contributed by atoms with Gasteiger partial charge >= 0.3 is 14.5 Å². The normalized spacial score (nSPS) is 11.6. The molecule has 0 aliphatic carbocycles. The van der Waals surface area contributed by atoms with Gasteiger partial charge in [-0.05, 0) is 13.3 Å². The zero-order valence-electron chi connectivity index (χ0n) is 9.05. The smallest absolute Gasteiger partial charge is 0.453 e. The van der Waals surface area contributed by atoms with Crippen LogP contribution in [0.25, 0.3) is 0 Å². The highest BCUT2D eigenvalue weighted by molar-refractivity contribution is 6.61. The van der Waals surface area contributed by atoms with Crippen molar-refractivity contribution in [3.63, 3.8) is 0 Å². The quantitative estimate of drug-likeness (QED) is 0.617. The Kier molecular flexibility index (Phi) is 7.65. The summed E-state index contributed by atoms with van der Waals surface area (Å²) < 4.78 is 5.61. The first-order valence-corrected chi connectivity index (χ1v) is 10.6. The van der Waals surface area contributed by atoms with E-state index in [0.717, 1.165) is 13.0 Å². The molecule has 0 aliphatic heterocycles. The molecule has 0 fully saturated rings. The molecule has 0 atom stereocenters. The summed E-state index contributed by atoms with van der Waals surface area (Å²) in [7, 11) is 0. The summed E-state index contributed by atoms with van der Waals surface area (Å²) in [6.07, 6.45) is 1.14. The Labute approximate surface area is 85.9 Å². The fourth-order valence-electron chi connectivity index (χ4n) is 1.11. The Morgan fingerprint density at radius 1 is 1.25 bits per heavy atom. The second-order valence-corrected chi connectivity index (χ2v) is 9.18. The third-order valence-electron chi connectivity index (χ3n) is 1.57. The standard InChI is InChI=1S/C5H8O.4CH3.2Al/c1-5(2)3-4-6;;;;;;/h1H,3-4H2,2H3;4*1H3;;/q-1;;;;;;+1. The summed E-state index contributed by atoms with van der Waals surface area (Å²) in [4.78, 5) is 2.45. The molecule has 0 heterocycles. The molecule has 0 amide bonds. The van der Waals surface area contributed by atoms with Crippen LogP contribution in [-0.4, -0.2) is 35.2 Å². The molecule has 0 saturated heterocycles. The van der Waals surface area contributed by atoms with Gasteiger partial charge in [0.25, 0.3) is 14.1 Å². The van der Waals surface area contributed by atoms with Gasteiger partial charge in [0.1, 0.15) is 0 Å². The third kappa shape index (κ3) is 8.86. The van der Waals surface area contributed by atoms with Crippen LogP contribution in [0.15, 0.2) is 10.5 Å². The summed E-state index contributed by atoms with van der Waals surface area (Å²) in [6, 6.07) is 0. The zero-order valence-corrected chi connectivity index (χ0v) is 11.4. The van der Waals surface area contributed by atoms with E-state index in [1.807, 2.05) is 0 Å². The fourth-order valence-corrected chi connectivity index (χ4v) is 3.00. The summed E-state index contributed by atoms with van der Waals surface area (Å²) in [5.74, 6) is 9.13. The first kappa shape index (κ1) is 12.8. The van der Waals surface area contributed by atoms with E-state index in [-0.39, 0.29) is 0 Å². The number of rotatable bonds is 5. The molecule has 0 aromatic rings. The van der Waals surface area contributed by atoms with Gasteiger partial charge in [-0.2, -0.15) is 0 Å². The van der Waals surface area contributed by atoms with Gasteiger partial charge in [0.15, 0.2) is 0 Å². The molecule has 0 radical (unpaired) electrons. The lowest BCUT2D eigenvalue weighted by Gasteiger charge is -2.05. The Morgan fingerprint density at radius 3 is 2.25 bits per heavy atom. The number of hydrogen-bond acceptors (Lipinski definition) is 1. The minimum Gasteiger partial charge on any atom is -0.501 e. The van der Waals surface area contributed by atoms with Gasteiger partial charge in [-0.3, -0.25) is 0 Å². The van der Waals surface area contributed by atoms with Gasteiger partial charge in [0, 0.05) is 6.61 Å². The average molecular weight is 198 g/mol. The molecule has 0 N–H and O–H groups in total. The van der Waals surface area contributed by atoms with E-state index in [1.165, 1.54) is 5.57 Å². The highest BCUT2D eigenvalue weighted by Crippen LogP contribution is 2.02. The van der Waals surface area contributed by atoms with Crippen LogP contribution in [0.5, 0.6) is 0 Å². The van der Waals surface area contributed by atoms with Gasteiger partial charge in [0.2, 0.25) is 0 Å². The molecule has 3 heteroatoms. The summed E-state index contributed by atoms with van der Waals surface area (Å²) in [5.41, 5.74) is 1.52. The molecular formula is C9H20Al2O. The first-order valence-electron chi connectivity index (χ1n) is 4.81. The van der Waals surface area contributed by atoms with Crippen molar-refractivity contribution >= 4 is 28.6 Å². The highest BCUT2D eigenvalue weighted by Gasteiger charge is 2.03. The maximum absolute atomic E-state index is 5.61. The molecule has 0 aromatic heterocycles. The van der Waals surface area contributed by atoms with Crippen molar-refractivity contribution in [2.24, 2.45) is 0 Å². The van der Waals surface area contributed by atoms with Crippen molar-refractivity contribution in [3.05, 3.63) is 10.5 Å². The summed E-state index contributed by atoms with van der Waals surface area (Å²) in [5, 5.41) is 0. The van der Waals surface area contributed by atoms with Gasteiger partial charge in [-0.1, -0.05) is 17.1 Å². The SMILES string of the molecule is C/C(=[CH]\[Al]([CH3])[CH3])CC[O][Al]([CH3])[CH3]. The van der Waals surface area contributed by atoms with Crippen LogP contribution < -0.4 is 0 Å². The van der Waals surface area contributed by atoms with Crippen LogP contribution >= 0.6 is 0 Å². The Bertz CT molecular complexity index is 141. The molecule has 0 unspecified atom stereocenters. The van der Waals surface area contributed by atoms with Crippen molar-refractivity contribution in [1.82, 2.24) is 0 Å². The van der Waals surface area contributed by atoms with Gasteiger partial charge in [-0.15, -0.1) is 16.5 Å². The van der Waals surface area contributed by atoms with Crippen molar-refractivity contribution in [1.29, 1.82) is 0 Å². The molecule has 1 nitrogen and oxygen atoms in total. The van der Waals surface area contributed by atoms with Crippen molar-refractivity contribution in [2.75, 3.05) is 6.61 Å². The van der Waals surface area contributed by atoms with E-state index in [4.69, 9.17) is 3.79 Å². The summed E-state index contributed by atoms with van der Waals surface area (Å²) in [6.45, 7) is 3.16. The predicted molar refractivity (Wildman–Crippen MR) is 59.3 cm³/mol. The Morgan fingerprint density at radius 2 is 1.83 bits per heavy atom. The molecule has 0 aliphatic rings. The van der Waals surface area contributed by atoms with E-state index in [0.29, 0.717) is 0 Å². The van der Waals surface area contributed by atoms with E-state index in [1.54, 1.807) is 0 Å². The van der Waals surface area contributed by atoms with E-state index < -0.39 is 28.6 Å². The van der Waals surface area contributed by atoms with Crippen molar-refractivity contribution in [3.8, 4) is 0 Å². The third-order valence-corrected chi connectivity index (χ3v) is 3.70. The second-order valence-electron chi connectivity index (χ2n) is 3.93. The maximum atomic E-state index is 5.61. The second kappa shape index (κ2) is 7.20. The van der Waals surface area contributed by atoms with Crippen molar-refractivity contribution < 1.29 is 3.79 Å². The molecule has 0 aromatic carbocycles. The molecule has 0 spiro atoms. The fraction of sp³-hybridized carbons (Fsp3) is 0.778. The molecule has 0 saturated carbocycles. The van der Waals surface area contributed by atoms with Crippen LogP contribution in [0, 0.1) is 0 Å². The minimum atomic E-state index is -0.781. The molecule has 0 rings (SSSR count). The molecule has 0 bridgehead atoms. The topological polar surface area (TPSA) is 9.23 Å². The lowest BCUT2D eigenvalue weighted by molar-refractivity contribution is 0.330. The lowest BCUT2D eigenvalue weighted by atomic mass is 10.3. The van der Waals surface area contributed by atoms with Gasteiger partial charge in [-0.25, -0.2) is 0 Å². The Balaban J connectivity index is 3.50. The van der Waals surface area contributed by atoms with E-state index in [2.05, 4.69) is 35.0 Å². The molecular weight excluding hydrogens is 178 g/mol. The predicted octanol–water partition coefficient (Wildman–Crippen LogP) is 2.88. The van der Waals surface area contributed by atoms with Gasteiger partial charge in [0.05, 0.1) is 0 Å². The maximum Gasteiger partial charge on any atom is 0.453 e. The average Bonchev–Trinajstić information content (AvgIpc) is 1.84. The number of hydrogen-bond donors (Lipinski definition) is 0.